The van der Waals surface area contributed by atoms with E-state index in [2.05, 4.69) is 14.3 Å². The van der Waals surface area contributed by atoms with Gasteiger partial charge < -0.3 is 14.4 Å². The molecule has 12 heavy (non-hydrogen) atoms. The SMILES string of the molecule is B[C@@H]1O[C@H](COP)C(ON)C1O. The molecule has 1 aliphatic rings. The Bertz CT molecular complexity index is 151. The molecule has 70 valence electrons. The molecule has 0 spiro atoms. The van der Waals surface area contributed by atoms with Gasteiger partial charge in [-0.05, 0) is 0 Å². The Hall–Kier alpha value is 0.295. The molecule has 3 N–H and O–H groups in total. The molecular formula is C5H13BNO4P. The molecule has 0 saturated carbocycles. The van der Waals surface area contributed by atoms with Crippen molar-refractivity contribution < 1.29 is 19.2 Å². The molecule has 1 saturated heterocycles. The summed E-state index contributed by atoms with van der Waals surface area (Å²) in [5, 5.41) is 9.46. The van der Waals surface area contributed by atoms with Crippen LogP contribution in [0, 0.1) is 0 Å². The van der Waals surface area contributed by atoms with E-state index in [0.717, 1.165) is 0 Å². The van der Waals surface area contributed by atoms with E-state index < -0.39 is 12.2 Å². The van der Waals surface area contributed by atoms with Crippen LogP contribution in [0.4, 0.5) is 0 Å². The van der Waals surface area contributed by atoms with Gasteiger partial charge in [-0.2, -0.15) is 0 Å². The summed E-state index contributed by atoms with van der Waals surface area (Å²) >= 11 is 0. The van der Waals surface area contributed by atoms with Crippen LogP contribution in [0.15, 0.2) is 0 Å². The Balaban J connectivity index is 2.52. The highest BCUT2D eigenvalue weighted by Gasteiger charge is 2.41. The molecule has 0 aromatic carbocycles. The first-order valence-electron chi connectivity index (χ1n) is 3.71. The molecular weight excluding hydrogens is 180 g/mol. The minimum Gasteiger partial charge on any atom is -0.388 e. The molecule has 0 aromatic heterocycles. The highest BCUT2D eigenvalue weighted by Crippen LogP contribution is 2.21. The summed E-state index contributed by atoms with van der Waals surface area (Å²) in [5.74, 6) is 5.00. The molecule has 0 bridgehead atoms. The van der Waals surface area contributed by atoms with Crippen LogP contribution in [-0.2, 0) is 14.1 Å². The second kappa shape index (κ2) is 4.51. The third-order valence-corrected chi connectivity index (χ3v) is 2.18. The van der Waals surface area contributed by atoms with Crippen molar-refractivity contribution in [1.82, 2.24) is 0 Å². The van der Waals surface area contributed by atoms with E-state index in [-0.39, 0.29) is 12.1 Å². The van der Waals surface area contributed by atoms with Crippen LogP contribution >= 0.6 is 9.47 Å². The van der Waals surface area contributed by atoms with Gasteiger partial charge in [0.05, 0.1) is 12.6 Å². The summed E-state index contributed by atoms with van der Waals surface area (Å²) < 4.78 is 10.1. The summed E-state index contributed by atoms with van der Waals surface area (Å²) in [7, 11) is 3.87. The summed E-state index contributed by atoms with van der Waals surface area (Å²) in [6.45, 7) is 0.341. The second-order valence-corrected chi connectivity index (χ2v) is 3.14. The lowest BCUT2D eigenvalue weighted by Gasteiger charge is -2.16. The van der Waals surface area contributed by atoms with Crippen molar-refractivity contribution in [2.45, 2.75) is 24.3 Å². The number of aliphatic hydroxyl groups excluding tert-OH is 1. The van der Waals surface area contributed by atoms with Crippen molar-refractivity contribution in [1.29, 1.82) is 0 Å². The second-order valence-electron chi connectivity index (χ2n) is 2.80. The Morgan fingerprint density at radius 1 is 1.67 bits per heavy atom. The first-order valence-corrected chi connectivity index (χ1v) is 4.18. The number of rotatable bonds is 3. The van der Waals surface area contributed by atoms with Gasteiger partial charge in [-0.25, -0.2) is 5.90 Å². The maximum atomic E-state index is 9.46. The molecule has 1 rings (SSSR count). The lowest BCUT2D eigenvalue weighted by molar-refractivity contribution is -0.0495. The topological polar surface area (TPSA) is 73.9 Å². The third-order valence-electron chi connectivity index (χ3n) is 1.99. The van der Waals surface area contributed by atoms with Crippen LogP contribution in [-0.4, -0.2) is 43.9 Å². The average molecular weight is 193 g/mol. The van der Waals surface area contributed by atoms with Crippen molar-refractivity contribution in [2.75, 3.05) is 6.61 Å². The number of nitrogens with two attached hydrogens (primary N) is 1. The zero-order valence-corrected chi connectivity index (χ0v) is 8.00. The van der Waals surface area contributed by atoms with E-state index in [0.29, 0.717) is 6.61 Å². The molecule has 1 aliphatic heterocycles. The van der Waals surface area contributed by atoms with E-state index in [4.69, 9.17) is 15.2 Å². The Kier molecular flexibility index (Phi) is 3.90. The number of hydrogen-bond acceptors (Lipinski definition) is 5. The average Bonchev–Trinajstić information content (AvgIpc) is 2.29. The standard InChI is InChI=1S/C5H13BNO4P/c6-5-3(8)4(11-7)2(10-5)1-9-12/h2-5,8H,1,6-7,12H2/t2-,3?,4?,5-/m1/s1. The molecule has 5 nitrogen and oxygen atoms in total. The third kappa shape index (κ3) is 1.96. The van der Waals surface area contributed by atoms with Crippen molar-refractivity contribution >= 4 is 17.3 Å². The molecule has 1 heterocycles. The number of ether oxygens (including phenoxy) is 1. The van der Waals surface area contributed by atoms with Gasteiger partial charge in [0, 0.05) is 9.47 Å². The fourth-order valence-corrected chi connectivity index (χ4v) is 1.51. The lowest BCUT2D eigenvalue weighted by Crippen LogP contribution is -2.38. The quantitative estimate of drug-likeness (QED) is 0.301. The molecule has 0 radical (unpaired) electrons. The molecule has 3 unspecified atom stereocenters. The largest absolute Gasteiger partial charge is 0.388 e. The zero-order valence-electron chi connectivity index (χ0n) is 6.84. The molecule has 0 aliphatic carbocycles. The van der Waals surface area contributed by atoms with Gasteiger partial charge >= 0.3 is 0 Å². The number of aliphatic hydroxyl groups is 1. The molecule has 1 fully saturated rings. The molecule has 5 atom stereocenters. The minimum absolute atomic E-state index is 0.260. The fraction of sp³-hybridized carbons (Fsp3) is 1.00. The predicted octanol–water partition coefficient (Wildman–Crippen LogP) is -2.23. The summed E-state index contributed by atoms with van der Waals surface area (Å²) in [5.41, 5.74) is 0. The van der Waals surface area contributed by atoms with Gasteiger partial charge in [0.2, 0.25) is 0 Å². The van der Waals surface area contributed by atoms with Crippen molar-refractivity contribution in [3.05, 3.63) is 0 Å². The fourth-order valence-electron chi connectivity index (χ4n) is 1.32. The van der Waals surface area contributed by atoms with Crippen LogP contribution < -0.4 is 5.90 Å². The Morgan fingerprint density at radius 2 is 2.33 bits per heavy atom. The van der Waals surface area contributed by atoms with E-state index in [1.54, 1.807) is 7.85 Å². The molecule has 7 heteroatoms. The molecule has 0 amide bonds. The summed E-state index contributed by atoms with van der Waals surface area (Å²) in [4.78, 5) is 4.59. The lowest BCUT2D eigenvalue weighted by atomic mass is 9.93. The van der Waals surface area contributed by atoms with Crippen LogP contribution in [0.5, 0.6) is 0 Å². The van der Waals surface area contributed by atoms with Crippen molar-refractivity contribution in [3.8, 4) is 0 Å². The highest BCUT2D eigenvalue weighted by molar-refractivity contribution is 7.09. The monoisotopic (exact) mass is 193 g/mol. The first kappa shape index (κ1) is 10.4. The summed E-state index contributed by atoms with van der Waals surface area (Å²) in [6.07, 6.45) is -1.47. The number of hydrogen-bond donors (Lipinski definition) is 2. The minimum atomic E-state index is -0.680. The van der Waals surface area contributed by atoms with Gasteiger partial charge in [0.25, 0.3) is 0 Å². The maximum absolute atomic E-state index is 9.46. The zero-order chi connectivity index (χ0) is 9.14. The van der Waals surface area contributed by atoms with Crippen molar-refractivity contribution in [3.63, 3.8) is 0 Å². The normalized spacial score (nSPS) is 41.9. The van der Waals surface area contributed by atoms with Gasteiger partial charge in [-0.15, -0.1) is 0 Å². The molecule has 0 aromatic rings. The van der Waals surface area contributed by atoms with Gasteiger partial charge in [-0.1, -0.05) is 0 Å². The van der Waals surface area contributed by atoms with E-state index in [9.17, 15) is 5.11 Å². The van der Waals surface area contributed by atoms with Crippen LogP contribution in [0.25, 0.3) is 0 Å². The van der Waals surface area contributed by atoms with E-state index >= 15 is 0 Å². The maximum Gasteiger partial charge on any atom is 0.142 e. The van der Waals surface area contributed by atoms with Gasteiger partial charge in [0.1, 0.15) is 26.2 Å². The smallest absolute Gasteiger partial charge is 0.142 e. The van der Waals surface area contributed by atoms with Gasteiger partial charge in [0.15, 0.2) is 0 Å². The van der Waals surface area contributed by atoms with Crippen LogP contribution in [0.1, 0.15) is 0 Å². The van der Waals surface area contributed by atoms with Gasteiger partial charge in [-0.3, -0.25) is 4.84 Å². The summed E-state index contributed by atoms with van der Waals surface area (Å²) in [6, 6.07) is -0.260. The van der Waals surface area contributed by atoms with Crippen LogP contribution in [0.3, 0.4) is 0 Å². The van der Waals surface area contributed by atoms with Crippen molar-refractivity contribution in [2.24, 2.45) is 5.90 Å². The predicted molar refractivity (Wildman–Crippen MR) is 47.9 cm³/mol. The van der Waals surface area contributed by atoms with E-state index in [1.165, 1.54) is 0 Å². The Morgan fingerprint density at radius 3 is 2.83 bits per heavy atom. The van der Waals surface area contributed by atoms with E-state index in [1.807, 2.05) is 0 Å². The first-order chi connectivity index (χ1) is 5.70. The Labute approximate surface area is 74.2 Å². The highest BCUT2D eigenvalue weighted by atomic mass is 31.0. The van der Waals surface area contributed by atoms with Crippen LogP contribution in [0.2, 0.25) is 0 Å².